The van der Waals surface area contributed by atoms with E-state index in [2.05, 4.69) is 4.98 Å². The zero-order valence-electron chi connectivity index (χ0n) is 14.5. The first-order valence-corrected chi connectivity index (χ1v) is 10.2. The maximum Gasteiger partial charge on any atom is 0.328 e. The highest BCUT2D eigenvalue weighted by Crippen LogP contribution is 2.47. The van der Waals surface area contributed by atoms with Crippen LogP contribution in [0.15, 0.2) is 33.7 Å². The van der Waals surface area contributed by atoms with Crippen molar-refractivity contribution in [1.82, 2.24) is 9.55 Å². The quantitative estimate of drug-likeness (QED) is 0.789. The van der Waals surface area contributed by atoms with Crippen molar-refractivity contribution in [1.29, 1.82) is 0 Å². The topological polar surface area (TPSA) is 90.4 Å². The Kier molecular flexibility index (Phi) is 6.01. The van der Waals surface area contributed by atoms with E-state index < -0.39 is 18.6 Å². The van der Waals surface area contributed by atoms with Crippen LogP contribution in [0.5, 0.6) is 0 Å². The molecule has 0 amide bonds. The van der Waals surface area contributed by atoms with Gasteiger partial charge in [-0.05, 0) is 31.0 Å². The smallest absolute Gasteiger partial charge is 0.328 e. The molecule has 134 valence electrons. The predicted octanol–water partition coefficient (Wildman–Crippen LogP) is 2.21. The Hall–Kier alpha value is -1.43. The van der Waals surface area contributed by atoms with Crippen LogP contribution in [-0.2, 0) is 13.8 Å². The average Bonchev–Trinajstić information content (AvgIpc) is 2.81. The Labute approximate surface area is 141 Å². The van der Waals surface area contributed by atoms with Crippen molar-refractivity contribution in [3.63, 3.8) is 0 Å². The van der Waals surface area contributed by atoms with Gasteiger partial charge in [0.15, 0.2) is 0 Å². The van der Waals surface area contributed by atoms with Gasteiger partial charge in [-0.3, -0.25) is 18.9 Å². The van der Waals surface area contributed by atoms with E-state index in [1.165, 1.54) is 16.8 Å². The summed E-state index contributed by atoms with van der Waals surface area (Å²) >= 11 is 0. The molecule has 2 rings (SSSR count). The molecule has 1 unspecified atom stereocenters. The summed E-state index contributed by atoms with van der Waals surface area (Å²) in [6.45, 7) is 5.84. The van der Waals surface area contributed by atoms with Gasteiger partial charge in [0, 0.05) is 26.0 Å². The molecule has 1 aromatic rings. The summed E-state index contributed by atoms with van der Waals surface area (Å²) in [6.07, 6.45) is 3.89. The molecule has 1 N–H and O–H groups in total. The number of H-pyrrole nitrogens is 1. The fourth-order valence-corrected chi connectivity index (χ4v) is 4.51. The fourth-order valence-electron chi connectivity index (χ4n) is 3.37. The van der Waals surface area contributed by atoms with Crippen LogP contribution < -0.4 is 11.2 Å². The summed E-state index contributed by atoms with van der Waals surface area (Å²) in [5, 5.41) is 0. The van der Waals surface area contributed by atoms with Crippen molar-refractivity contribution in [2.24, 2.45) is 11.8 Å². The zero-order chi connectivity index (χ0) is 17.9. The molecule has 0 saturated heterocycles. The van der Waals surface area contributed by atoms with Gasteiger partial charge in [0.25, 0.3) is 5.56 Å². The first kappa shape index (κ1) is 18.9. The molecule has 24 heavy (non-hydrogen) atoms. The molecular weight excluding hydrogens is 331 g/mol. The van der Waals surface area contributed by atoms with Crippen molar-refractivity contribution in [2.45, 2.75) is 32.4 Å². The van der Waals surface area contributed by atoms with Gasteiger partial charge in [0.1, 0.15) is 0 Å². The Morgan fingerprint density at radius 3 is 2.75 bits per heavy atom. The van der Waals surface area contributed by atoms with Crippen molar-refractivity contribution in [3.05, 3.63) is 45.0 Å². The second kappa shape index (κ2) is 7.64. The van der Waals surface area contributed by atoms with Gasteiger partial charge in [0.05, 0.1) is 18.8 Å². The number of hydrogen-bond acceptors (Lipinski definition) is 5. The highest BCUT2D eigenvalue weighted by molar-refractivity contribution is 7.61. The van der Waals surface area contributed by atoms with Gasteiger partial charge in [-0.15, -0.1) is 0 Å². The van der Waals surface area contributed by atoms with E-state index >= 15 is 0 Å². The van der Waals surface area contributed by atoms with Gasteiger partial charge < -0.3 is 9.26 Å². The van der Waals surface area contributed by atoms with E-state index in [0.29, 0.717) is 13.0 Å². The van der Waals surface area contributed by atoms with Gasteiger partial charge in [0.2, 0.25) is 7.37 Å². The van der Waals surface area contributed by atoms with Crippen molar-refractivity contribution < 1.29 is 13.8 Å². The van der Waals surface area contributed by atoms with E-state index in [9.17, 15) is 14.2 Å². The van der Waals surface area contributed by atoms with Gasteiger partial charge in [-0.25, -0.2) is 4.79 Å². The van der Waals surface area contributed by atoms with Crippen LogP contribution in [0.25, 0.3) is 0 Å². The van der Waals surface area contributed by atoms with Crippen LogP contribution in [0.3, 0.4) is 0 Å². The first-order valence-electron chi connectivity index (χ1n) is 8.04. The number of hydrogen-bond donors (Lipinski definition) is 1. The summed E-state index contributed by atoms with van der Waals surface area (Å²) in [5.41, 5.74) is -0.863. The van der Waals surface area contributed by atoms with Crippen molar-refractivity contribution >= 4 is 7.37 Å². The third-order valence-electron chi connectivity index (χ3n) is 4.56. The SMILES string of the molecule is CCOP(C)(=O)/C=C/[C@H]1C[C@@H](n2ccc(=O)[nH]c2=O)[C@H](OC)[C@@H]1C. The van der Waals surface area contributed by atoms with Crippen LogP contribution in [0.4, 0.5) is 0 Å². The highest BCUT2D eigenvalue weighted by Gasteiger charge is 2.41. The largest absolute Gasteiger partial charge is 0.379 e. The lowest BCUT2D eigenvalue weighted by molar-refractivity contribution is 0.0425. The minimum absolute atomic E-state index is 0.104. The van der Waals surface area contributed by atoms with Crippen LogP contribution in [0.2, 0.25) is 0 Å². The van der Waals surface area contributed by atoms with Crippen molar-refractivity contribution in [3.8, 4) is 0 Å². The predicted molar refractivity (Wildman–Crippen MR) is 92.7 cm³/mol. The van der Waals surface area contributed by atoms with Crippen LogP contribution in [0.1, 0.15) is 26.3 Å². The third kappa shape index (κ3) is 4.15. The molecule has 1 aromatic heterocycles. The third-order valence-corrected chi connectivity index (χ3v) is 6.04. The lowest BCUT2D eigenvalue weighted by atomic mass is 9.97. The second-order valence-corrected chi connectivity index (χ2v) is 8.59. The number of ether oxygens (including phenoxy) is 1. The normalized spacial score (nSPS) is 29.8. The molecule has 5 atom stereocenters. The molecule has 1 saturated carbocycles. The molecule has 0 radical (unpaired) electrons. The standard InChI is InChI=1S/C16H25N2O5P/c1-5-23-24(4,21)9-7-12-10-13(15(22-3)11(12)2)18-8-6-14(19)17-16(18)20/h6-9,11-13,15H,5,10H2,1-4H3,(H,17,19,20)/b9-7+/t11-,12+,13-,15-,24?/m1/s1. The van der Waals surface area contributed by atoms with Crippen molar-refractivity contribution in [2.75, 3.05) is 20.4 Å². The number of rotatable bonds is 6. The van der Waals surface area contributed by atoms with Crippen LogP contribution >= 0.6 is 7.37 Å². The van der Waals surface area contributed by atoms with E-state index in [4.69, 9.17) is 9.26 Å². The molecule has 0 aromatic carbocycles. The molecule has 1 fully saturated rings. The van der Waals surface area contributed by atoms with Crippen LogP contribution in [0, 0.1) is 11.8 Å². The first-order chi connectivity index (χ1) is 11.3. The summed E-state index contributed by atoms with van der Waals surface area (Å²) < 4.78 is 24.6. The lowest BCUT2D eigenvalue weighted by Crippen LogP contribution is -2.36. The number of allylic oxidation sites excluding steroid dienone is 1. The summed E-state index contributed by atoms with van der Waals surface area (Å²) in [7, 11) is -1.13. The number of nitrogens with zero attached hydrogens (tertiary/aromatic N) is 1. The van der Waals surface area contributed by atoms with E-state index in [-0.39, 0.29) is 24.0 Å². The number of nitrogens with one attached hydrogen (secondary N) is 1. The fraction of sp³-hybridized carbons (Fsp3) is 0.625. The maximum absolute atomic E-state index is 12.2. The molecule has 1 heterocycles. The number of aromatic nitrogens is 2. The van der Waals surface area contributed by atoms with Gasteiger partial charge in [-0.1, -0.05) is 13.0 Å². The highest BCUT2D eigenvalue weighted by atomic mass is 31.2. The molecule has 0 bridgehead atoms. The number of aromatic amines is 1. The minimum atomic E-state index is -2.74. The summed E-state index contributed by atoms with van der Waals surface area (Å²) in [4.78, 5) is 25.6. The monoisotopic (exact) mass is 356 g/mol. The Balaban J connectivity index is 2.27. The molecule has 1 aliphatic rings. The molecule has 8 heteroatoms. The molecule has 0 spiro atoms. The number of methoxy groups -OCH3 is 1. The molecule has 1 aliphatic carbocycles. The minimum Gasteiger partial charge on any atom is -0.379 e. The second-order valence-electron chi connectivity index (χ2n) is 6.21. The zero-order valence-corrected chi connectivity index (χ0v) is 15.4. The van der Waals surface area contributed by atoms with Gasteiger partial charge >= 0.3 is 5.69 Å². The van der Waals surface area contributed by atoms with E-state index in [1.54, 1.807) is 19.6 Å². The average molecular weight is 356 g/mol. The maximum atomic E-state index is 12.2. The summed E-state index contributed by atoms with van der Waals surface area (Å²) in [6, 6.07) is 1.14. The Bertz CT molecular complexity index is 753. The Morgan fingerprint density at radius 1 is 1.46 bits per heavy atom. The molecule has 0 aliphatic heterocycles. The molecule has 7 nitrogen and oxygen atoms in total. The van der Waals surface area contributed by atoms with Gasteiger partial charge in [-0.2, -0.15) is 0 Å². The lowest BCUT2D eigenvalue weighted by Gasteiger charge is -2.23. The van der Waals surface area contributed by atoms with E-state index in [0.717, 1.165) is 0 Å². The Morgan fingerprint density at radius 2 is 2.17 bits per heavy atom. The summed E-state index contributed by atoms with van der Waals surface area (Å²) in [5.74, 6) is 1.88. The van der Waals surface area contributed by atoms with E-state index in [1.807, 2.05) is 19.9 Å². The molecular formula is C16H25N2O5P. The van der Waals surface area contributed by atoms with Crippen LogP contribution in [-0.4, -0.2) is 36.0 Å².